The summed E-state index contributed by atoms with van der Waals surface area (Å²) in [6.45, 7) is 3.08. The third-order valence-electron chi connectivity index (χ3n) is 6.74. The average Bonchev–Trinajstić information content (AvgIpc) is 3.60. The quantitative estimate of drug-likeness (QED) is 0.122. The van der Waals surface area contributed by atoms with E-state index in [-0.39, 0.29) is 10.5 Å². The maximum atomic E-state index is 14.9. The predicted molar refractivity (Wildman–Crippen MR) is 138 cm³/mol. The zero-order valence-electron chi connectivity index (χ0n) is 20.8. The monoisotopic (exact) mass is 642 g/mol. The van der Waals surface area contributed by atoms with E-state index in [4.69, 9.17) is 5.26 Å². The summed E-state index contributed by atoms with van der Waals surface area (Å²) in [4.78, 5) is 4.30. The Kier molecular flexibility index (Phi) is 7.20. The molecule has 4 aromatic rings. The number of hydrogen-bond donors (Lipinski definition) is 0. The van der Waals surface area contributed by atoms with Crippen molar-refractivity contribution in [1.82, 2.24) is 9.13 Å². The van der Waals surface area contributed by atoms with Gasteiger partial charge in [-0.05, 0) is 66.9 Å². The molecule has 1 aliphatic carbocycles. The topological polar surface area (TPSA) is 46.0 Å². The lowest BCUT2D eigenvalue weighted by molar-refractivity contribution is -0.137. The fraction of sp³-hybridized carbons (Fsp3) is 0.259. The standard InChI is InChI=1S/C27H18BrF7N4S/c1-12-7-17(13(2)39(12)16-5-6-16)20-11-40-26(37-15-4-3-14(9-36)19(8-15)27(33,34)35)38(20)10-18-22(29)24(31)21(28)25(32)23(18)30/h3-4,7-8,11,16H,5-6,10H2,1-2H3. The summed E-state index contributed by atoms with van der Waals surface area (Å²) in [5.41, 5.74) is 0.00598. The number of nitriles is 1. The van der Waals surface area contributed by atoms with E-state index >= 15 is 0 Å². The van der Waals surface area contributed by atoms with Gasteiger partial charge in [-0.3, -0.25) is 0 Å². The molecule has 0 radical (unpaired) electrons. The second-order valence-corrected chi connectivity index (χ2v) is 11.0. The van der Waals surface area contributed by atoms with Crippen molar-refractivity contribution in [2.24, 2.45) is 4.99 Å². The highest BCUT2D eigenvalue weighted by Crippen LogP contribution is 2.41. The van der Waals surface area contributed by atoms with Crippen molar-refractivity contribution >= 4 is 33.0 Å². The Bertz CT molecular complexity index is 1740. The lowest BCUT2D eigenvalue weighted by Gasteiger charge is -2.14. The molecular formula is C27H18BrF7N4S. The number of thiazole rings is 1. The molecule has 2 aromatic heterocycles. The normalized spacial score (nSPS) is 14.2. The van der Waals surface area contributed by atoms with Gasteiger partial charge in [0.25, 0.3) is 0 Å². The van der Waals surface area contributed by atoms with Crippen molar-refractivity contribution in [3.8, 4) is 17.3 Å². The van der Waals surface area contributed by atoms with Gasteiger partial charge in [0.1, 0.15) is 0 Å². The molecule has 0 aliphatic heterocycles. The summed E-state index contributed by atoms with van der Waals surface area (Å²) in [6, 6.07) is 6.55. The van der Waals surface area contributed by atoms with E-state index in [1.54, 1.807) is 5.38 Å². The molecule has 1 fully saturated rings. The van der Waals surface area contributed by atoms with Crippen LogP contribution < -0.4 is 4.80 Å². The van der Waals surface area contributed by atoms with Gasteiger partial charge >= 0.3 is 6.18 Å². The Morgan fingerprint density at radius 1 is 1.05 bits per heavy atom. The summed E-state index contributed by atoms with van der Waals surface area (Å²) >= 11 is 3.48. The minimum absolute atomic E-state index is 0.0200. The molecule has 2 aromatic carbocycles. The second kappa shape index (κ2) is 10.2. The van der Waals surface area contributed by atoms with Crippen LogP contribution in [0.4, 0.5) is 36.4 Å². The lowest BCUT2D eigenvalue weighted by Crippen LogP contribution is -2.20. The summed E-state index contributed by atoms with van der Waals surface area (Å²) in [5.74, 6) is -6.44. The van der Waals surface area contributed by atoms with Gasteiger partial charge in [-0.15, -0.1) is 11.3 Å². The van der Waals surface area contributed by atoms with E-state index < -0.39 is 57.2 Å². The summed E-state index contributed by atoms with van der Waals surface area (Å²) in [7, 11) is 0. The molecule has 2 heterocycles. The van der Waals surface area contributed by atoms with Gasteiger partial charge in [0, 0.05) is 33.9 Å². The van der Waals surface area contributed by atoms with Gasteiger partial charge < -0.3 is 9.13 Å². The first-order valence-corrected chi connectivity index (χ1v) is 13.5. The Labute approximate surface area is 235 Å². The zero-order chi connectivity index (χ0) is 29.1. The molecule has 13 heteroatoms. The van der Waals surface area contributed by atoms with Crippen LogP contribution in [0.25, 0.3) is 11.3 Å². The Hall–Kier alpha value is -3.37. The van der Waals surface area contributed by atoms with Crippen LogP contribution in [0.2, 0.25) is 0 Å². The lowest BCUT2D eigenvalue weighted by atomic mass is 10.1. The number of benzene rings is 2. The number of aromatic nitrogens is 2. The van der Waals surface area contributed by atoms with Crippen molar-refractivity contribution in [1.29, 1.82) is 5.26 Å². The number of aryl methyl sites for hydroxylation is 1. The molecule has 1 aliphatic rings. The van der Waals surface area contributed by atoms with E-state index in [1.165, 1.54) is 16.7 Å². The number of alkyl halides is 3. The van der Waals surface area contributed by atoms with Gasteiger partial charge in [0.2, 0.25) is 0 Å². The van der Waals surface area contributed by atoms with Crippen LogP contribution in [0.15, 0.2) is 39.1 Å². The molecule has 208 valence electrons. The highest BCUT2D eigenvalue weighted by atomic mass is 79.9. The minimum atomic E-state index is -4.83. The van der Waals surface area contributed by atoms with Crippen LogP contribution in [-0.4, -0.2) is 9.13 Å². The van der Waals surface area contributed by atoms with Crippen LogP contribution >= 0.6 is 27.3 Å². The van der Waals surface area contributed by atoms with Crippen molar-refractivity contribution < 1.29 is 30.7 Å². The van der Waals surface area contributed by atoms with E-state index in [0.717, 1.165) is 41.6 Å². The highest BCUT2D eigenvalue weighted by molar-refractivity contribution is 9.10. The van der Waals surface area contributed by atoms with Gasteiger partial charge in [-0.1, -0.05) is 0 Å². The largest absolute Gasteiger partial charge is 0.417 e. The van der Waals surface area contributed by atoms with Crippen molar-refractivity contribution in [3.05, 3.63) is 90.3 Å². The number of nitrogens with zero attached hydrogens (tertiary/aromatic N) is 4. The van der Waals surface area contributed by atoms with Crippen molar-refractivity contribution in [3.63, 3.8) is 0 Å². The van der Waals surface area contributed by atoms with E-state index in [9.17, 15) is 30.7 Å². The maximum Gasteiger partial charge on any atom is 0.417 e. The predicted octanol–water partition coefficient (Wildman–Crippen LogP) is 8.46. The molecule has 0 spiro atoms. The molecular weight excluding hydrogens is 625 g/mol. The van der Waals surface area contributed by atoms with Gasteiger partial charge in [-0.25, -0.2) is 22.6 Å². The summed E-state index contributed by atoms with van der Waals surface area (Å²) in [6.07, 6.45) is -2.84. The first-order valence-electron chi connectivity index (χ1n) is 11.9. The molecule has 0 atom stereocenters. The number of hydrogen-bond acceptors (Lipinski definition) is 3. The summed E-state index contributed by atoms with van der Waals surface area (Å²) in [5, 5.41) is 10.7. The first-order chi connectivity index (χ1) is 18.8. The zero-order valence-corrected chi connectivity index (χ0v) is 23.2. The SMILES string of the molecule is Cc1cc(-c2csc(=Nc3ccc(C#N)c(C(F)(F)F)c3)n2Cc2c(F)c(F)c(Br)c(F)c2F)c(C)n1C1CC1. The molecule has 4 nitrogen and oxygen atoms in total. The number of rotatable bonds is 5. The smallest absolute Gasteiger partial charge is 0.345 e. The molecule has 0 bridgehead atoms. The van der Waals surface area contributed by atoms with Crippen LogP contribution in [0.1, 0.15) is 47.0 Å². The molecule has 40 heavy (non-hydrogen) atoms. The van der Waals surface area contributed by atoms with Crippen molar-refractivity contribution in [2.75, 3.05) is 0 Å². The Morgan fingerprint density at radius 3 is 2.27 bits per heavy atom. The third-order valence-corrected chi connectivity index (χ3v) is 8.30. The second-order valence-electron chi connectivity index (χ2n) is 9.38. The van der Waals surface area contributed by atoms with Gasteiger partial charge in [-0.2, -0.15) is 18.4 Å². The average molecular weight is 643 g/mol. The first kappa shape index (κ1) is 28.2. The van der Waals surface area contributed by atoms with E-state index in [1.807, 2.05) is 19.9 Å². The minimum Gasteiger partial charge on any atom is -0.345 e. The fourth-order valence-electron chi connectivity index (χ4n) is 4.71. The summed E-state index contributed by atoms with van der Waals surface area (Å²) < 4.78 is 102. The van der Waals surface area contributed by atoms with Crippen LogP contribution in [-0.2, 0) is 12.7 Å². The van der Waals surface area contributed by atoms with Crippen LogP contribution in [0.5, 0.6) is 0 Å². The molecule has 0 unspecified atom stereocenters. The van der Waals surface area contributed by atoms with Gasteiger partial charge in [0.15, 0.2) is 28.1 Å². The molecule has 0 amide bonds. The van der Waals surface area contributed by atoms with Crippen LogP contribution in [0.3, 0.4) is 0 Å². The molecule has 0 saturated heterocycles. The fourth-order valence-corrected chi connectivity index (χ4v) is 5.98. The maximum absolute atomic E-state index is 14.9. The molecule has 5 rings (SSSR count). The molecule has 1 saturated carbocycles. The third kappa shape index (κ3) is 4.88. The Balaban J connectivity index is 1.74. The van der Waals surface area contributed by atoms with E-state index in [2.05, 4.69) is 25.5 Å². The van der Waals surface area contributed by atoms with E-state index in [0.29, 0.717) is 23.4 Å². The highest BCUT2D eigenvalue weighted by Gasteiger charge is 2.34. The Morgan fingerprint density at radius 2 is 1.70 bits per heavy atom. The van der Waals surface area contributed by atoms with Crippen LogP contribution in [0, 0.1) is 48.4 Å². The molecule has 0 N–H and O–H groups in total. The van der Waals surface area contributed by atoms with Crippen molar-refractivity contribution in [2.45, 2.75) is 45.5 Å². The number of halogens is 8. The van der Waals surface area contributed by atoms with Gasteiger partial charge in [0.05, 0.1) is 39.6 Å².